The topological polar surface area (TPSA) is 79.9 Å². The summed E-state index contributed by atoms with van der Waals surface area (Å²) in [6.45, 7) is 0.793. The first kappa shape index (κ1) is 20.6. The van der Waals surface area contributed by atoms with Crippen LogP contribution in [0.25, 0.3) is 0 Å². The molecule has 3 aliphatic rings. The first-order valence-electron chi connectivity index (χ1n) is 10.7. The summed E-state index contributed by atoms with van der Waals surface area (Å²) in [5.74, 6) is -0.0224. The number of carbonyl (C=O) groups is 2. The van der Waals surface area contributed by atoms with Gasteiger partial charge in [0, 0.05) is 11.8 Å². The lowest BCUT2D eigenvalue weighted by molar-refractivity contribution is -0.917. The number of benzene rings is 1. The second-order valence-corrected chi connectivity index (χ2v) is 10.5. The van der Waals surface area contributed by atoms with E-state index in [1.165, 1.54) is 11.8 Å². The summed E-state index contributed by atoms with van der Waals surface area (Å²) in [6, 6.07) is 17.0. The summed E-state index contributed by atoms with van der Waals surface area (Å²) in [7, 11) is 1.98. The molecule has 7 nitrogen and oxygen atoms in total. The number of thiocarbonyl (C=S) groups is 1. The number of fused-ring (bicyclic) bond motifs is 3. The smallest absolute Gasteiger partial charge is 0.292 e. The Labute approximate surface area is 200 Å². The Morgan fingerprint density at radius 3 is 2.79 bits per heavy atom. The van der Waals surface area contributed by atoms with Crippen molar-refractivity contribution >= 4 is 45.8 Å². The van der Waals surface area contributed by atoms with E-state index in [9.17, 15) is 9.59 Å². The number of thioether (sulfide) groups is 1. The number of carbonyl (C=O) groups excluding carboxylic acids is 2. The quantitative estimate of drug-likeness (QED) is 0.562. The van der Waals surface area contributed by atoms with Crippen molar-refractivity contribution in [3.8, 4) is 0 Å². The fourth-order valence-electron chi connectivity index (χ4n) is 5.80. The van der Waals surface area contributed by atoms with E-state index in [0.717, 1.165) is 21.8 Å². The number of pyridine rings is 1. The minimum absolute atomic E-state index is 0.173. The zero-order chi connectivity index (χ0) is 22.8. The Balaban J connectivity index is 1.59. The molecule has 6 rings (SSSR count). The minimum Gasteiger partial charge on any atom is -0.467 e. The lowest BCUT2D eigenvalue weighted by atomic mass is 9.73. The van der Waals surface area contributed by atoms with Gasteiger partial charge < -0.3 is 14.6 Å². The molecular formula is C24H21N4O3S2+. The van der Waals surface area contributed by atoms with Gasteiger partial charge in [-0.05, 0) is 30.3 Å². The standard InChI is InChI=1S/C24H20N4O3S2/c1-27-14-17(18-9-4-5-11-25-18)24(23(27)16-8-2-3-10-19(16)26-20(23)29)21(30)28(22(32)33-24)13-15-7-6-12-31-15/h2-12,17H,13-14H2,1H3,(H,26,29)/p+1/t17-,23+,24+/m1/s1. The summed E-state index contributed by atoms with van der Waals surface area (Å²) in [6.07, 6.45) is 3.31. The molecule has 3 aliphatic heterocycles. The molecule has 33 heavy (non-hydrogen) atoms. The highest BCUT2D eigenvalue weighted by Gasteiger charge is 2.81. The Morgan fingerprint density at radius 2 is 2.03 bits per heavy atom. The summed E-state index contributed by atoms with van der Waals surface area (Å²) >= 11 is 7.09. The van der Waals surface area contributed by atoms with Crippen LogP contribution in [0.1, 0.15) is 22.9 Å². The lowest BCUT2D eigenvalue weighted by Crippen LogP contribution is -3.16. The molecule has 4 atom stereocenters. The Bertz CT molecular complexity index is 1280. The molecule has 2 fully saturated rings. The molecule has 2 amide bonds. The van der Waals surface area contributed by atoms with Gasteiger partial charge in [0.15, 0.2) is 4.75 Å². The van der Waals surface area contributed by atoms with Gasteiger partial charge >= 0.3 is 0 Å². The van der Waals surface area contributed by atoms with Gasteiger partial charge in [0.05, 0.1) is 43.7 Å². The predicted molar refractivity (Wildman–Crippen MR) is 128 cm³/mol. The minimum atomic E-state index is -1.17. The van der Waals surface area contributed by atoms with Crippen molar-refractivity contribution in [1.82, 2.24) is 9.88 Å². The van der Waals surface area contributed by atoms with E-state index in [2.05, 4.69) is 10.3 Å². The number of aromatic nitrogens is 1. The van der Waals surface area contributed by atoms with E-state index < -0.39 is 10.3 Å². The number of furan rings is 1. The maximum Gasteiger partial charge on any atom is 0.292 e. The second kappa shape index (κ2) is 7.24. The summed E-state index contributed by atoms with van der Waals surface area (Å²) in [4.78, 5) is 35.5. The zero-order valence-corrected chi connectivity index (χ0v) is 19.4. The van der Waals surface area contributed by atoms with E-state index in [1.807, 2.05) is 55.6 Å². The number of likely N-dealkylation sites (tertiary alicyclic amines) is 1. The SMILES string of the molecule is C[NH+]1C[C@H](c2ccccn2)[C@@]2(SC(=S)N(Cc3ccco3)C2=O)[C@]12C(=O)Nc1ccccc12. The van der Waals surface area contributed by atoms with Crippen LogP contribution in [0.15, 0.2) is 71.5 Å². The Morgan fingerprint density at radius 1 is 1.21 bits per heavy atom. The molecule has 0 radical (unpaired) electrons. The lowest BCUT2D eigenvalue weighted by Gasteiger charge is -2.38. The van der Waals surface area contributed by atoms with Crippen molar-refractivity contribution in [1.29, 1.82) is 0 Å². The van der Waals surface area contributed by atoms with Gasteiger partial charge in [0.1, 0.15) is 10.1 Å². The molecule has 1 unspecified atom stereocenters. The number of quaternary nitrogens is 1. The molecule has 2 N–H and O–H groups in total. The summed E-state index contributed by atoms with van der Waals surface area (Å²) in [5.41, 5.74) is 1.21. The van der Waals surface area contributed by atoms with Crippen LogP contribution < -0.4 is 10.2 Å². The number of nitrogens with one attached hydrogen (secondary N) is 2. The molecule has 2 saturated heterocycles. The molecule has 5 heterocycles. The third-order valence-electron chi connectivity index (χ3n) is 7.09. The largest absolute Gasteiger partial charge is 0.467 e. The molecule has 166 valence electrons. The fourth-order valence-corrected chi connectivity index (χ4v) is 7.95. The van der Waals surface area contributed by atoms with Gasteiger partial charge in [-0.3, -0.25) is 19.5 Å². The number of nitrogens with zero attached hydrogens (tertiary/aromatic N) is 2. The molecule has 9 heteroatoms. The van der Waals surface area contributed by atoms with Crippen LogP contribution in [0.3, 0.4) is 0 Å². The average molecular weight is 478 g/mol. The van der Waals surface area contributed by atoms with Crippen molar-refractivity contribution < 1.29 is 18.9 Å². The van der Waals surface area contributed by atoms with E-state index in [1.54, 1.807) is 23.4 Å². The van der Waals surface area contributed by atoms with Crippen LogP contribution >= 0.6 is 24.0 Å². The molecule has 3 aromatic rings. The third kappa shape index (κ3) is 2.55. The second-order valence-electron chi connectivity index (χ2n) is 8.62. The van der Waals surface area contributed by atoms with E-state index in [0.29, 0.717) is 16.6 Å². The van der Waals surface area contributed by atoms with Crippen molar-refractivity contribution in [3.63, 3.8) is 0 Å². The van der Waals surface area contributed by atoms with E-state index in [-0.39, 0.29) is 24.3 Å². The van der Waals surface area contributed by atoms with E-state index >= 15 is 0 Å². The van der Waals surface area contributed by atoms with Crippen LogP contribution in [0, 0.1) is 0 Å². The van der Waals surface area contributed by atoms with Crippen molar-refractivity contribution in [2.75, 3.05) is 18.9 Å². The number of anilines is 1. The van der Waals surface area contributed by atoms with Crippen LogP contribution in [0.2, 0.25) is 0 Å². The van der Waals surface area contributed by atoms with Gasteiger partial charge in [-0.25, -0.2) is 0 Å². The highest BCUT2D eigenvalue weighted by atomic mass is 32.2. The molecule has 0 aliphatic carbocycles. The molecule has 0 saturated carbocycles. The van der Waals surface area contributed by atoms with Gasteiger partial charge in [-0.1, -0.05) is 48.2 Å². The van der Waals surface area contributed by atoms with Crippen LogP contribution in [0.5, 0.6) is 0 Å². The maximum atomic E-state index is 14.5. The normalized spacial score (nSPS) is 30.5. The number of rotatable bonds is 3. The van der Waals surface area contributed by atoms with Crippen molar-refractivity contribution in [2.45, 2.75) is 22.7 Å². The number of hydrogen-bond donors (Lipinski definition) is 2. The highest BCUT2D eigenvalue weighted by molar-refractivity contribution is 8.25. The predicted octanol–water partition coefficient (Wildman–Crippen LogP) is 1.93. The fraction of sp³-hybridized carbons (Fsp3) is 0.250. The van der Waals surface area contributed by atoms with Crippen LogP contribution in [-0.2, 0) is 21.7 Å². The first-order valence-corrected chi connectivity index (χ1v) is 11.9. The molecule has 1 aromatic carbocycles. The van der Waals surface area contributed by atoms with Gasteiger partial charge in [-0.2, -0.15) is 0 Å². The zero-order valence-electron chi connectivity index (χ0n) is 17.8. The first-order chi connectivity index (χ1) is 16.0. The number of amides is 2. The number of para-hydroxylation sites is 1. The van der Waals surface area contributed by atoms with E-state index in [4.69, 9.17) is 16.6 Å². The molecule has 2 spiro atoms. The van der Waals surface area contributed by atoms with Crippen LogP contribution in [-0.4, -0.2) is 44.4 Å². The van der Waals surface area contributed by atoms with Crippen LogP contribution in [0.4, 0.5) is 5.69 Å². The summed E-state index contributed by atoms with van der Waals surface area (Å²) in [5, 5.41) is 3.05. The number of hydrogen-bond acceptors (Lipinski definition) is 6. The highest BCUT2D eigenvalue weighted by Crippen LogP contribution is 2.60. The Kier molecular flexibility index (Phi) is 4.52. The average Bonchev–Trinajstić information content (AvgIpc) is 3.55. The Hall–Kier alpha value is -3.01. The molecule has 2 aromatic heterocycles. The third-order valence-corrected chi connectivity index (χ3v) is 9.04. The van der Waals surface area contributed by atoms with Gasteiger partial charge in [-0.15, -0.1) is 0 Å². The maximum absolute atomic E-state index is 14.5. The van der Waals surface area contributed by atoms with Gasteiger partial charge in [0.25, 0.3) is 11.8 Å². The molecule has 0 bridgehead atoms. The number of likely N-dealkylation sites (N-methyl/N-ethyl adjacent to an activating group) is 1. The van der Waals surface area contributed by atoms with Crippen molar-refractivity contribution in [3.05, 3.63) is 84.1 Å². The molecular weight excluding hydrogens is 456 g/mol. The monoisotopic (exact) mass is 477 g/mol. The van der Waals surface area contributed by atoms with Gasteiger partial charge in [0.2, 0.25) is 5.54 Å². The summed E-state index contributed by atoms with van der Waals surface area (Å²) < 4.78 is 4.78. The van der Waals surface area contributed by atoms with Crippen molar-refractivity contribution in [2.24, 2.45) is 0 Å².